The molecule has 0 bridgehead atoms. The van der Waals surface area contributed by atoms with Crippen LogP contribution in [0.1, 0.15) is 37.7 Å². The van der Waals surface area contributed by atoms with Crippen molar-refractivity contribution in [3.63, 3.8) is 0 Å². The summed E-state index contributed by atoms with van der Waals surface area (Å²) in [4.78, 5) is 4.14. The molecule has 0 radical (unpaired) electrons. The van der Waals surface area contributed by atoms with Gasteiger partial charge in [0.2, 0.25) is 0 Å². The molecule has 1 N–H and O–H groups in total. The number of hydrogen-bond donors (Lipinski definition) is 1. The van der Waals surface area contributed by atoms with Crippen LogP contribution in [0.3, 0.4) is 0 Å². The largest absolute Gasteiger partial charge is 0.390 e. The van der Waals surface area contributed by atoms with Gasteiger partial charge in [-0.2, -0.15) is 0 Å². The second kappa shape index (κ2) is 7.36. The van der Waals surface area contributed by atoms with Crippen LogP contribution in [0.25, 0.3) is 0 Å². The Kier molecular flexibility index (Phi) is 5.79. The highest BCUT2D eigenvalue weighted by molar-refractivity contribution is 9.10. The number of halogens is 1. The van der Waals surface area contributed by atoms with E-state index in [4.69, 9.17) is 4.74 Å². The monoisotopic (exact) mass is 327 g/mol. The first-order chi connectivity index (χ1) is 9.20. The molecule has 2 unspecified atom stereocenters. The molecular formula is C15H22BrNO2. The van der Waals surface area contributed by atoms with Gasteiger partial charge in [-0.05, 0) is 46.3 Å². The van der Waals surface area contributed by atoms with Gasteiger partial charge in [0.05, 0.1) is 12.2 Å². The standard InChI is InChI=1S/C15H22BrNO2/c1-19-15(12-5-3-2-4-6-12)14(18)8-11-7-13(16)10-17-9-11/h7,9-10,12,14-15,18H,2-6,8H2,1H3. The van der Waals surface area contributed by atoms with Crippen molar-refractivity contribution >= 4 is 15.9 Å². The maximum atomic E-state index is 10.4. The highest BCUT2D eigenvalue weighted by Crippen LogP contribution is 2.30. The summed E-state index contributed by atoms with van der Waals surface area (Å²) in [5.74, 6) is 0.494. The summed E-state index contributed by atoms with van der Waals surface area (Å²) in [5, 5.41) is 10.4. The van der Waals surface area contributed by atoms with Gasteiger partial charge in [0.15, 0.2) is 0 Å². The normalized spacial score (nSPS) is 20.2. The quantitative estimate of drug-likeness (QED) is 0.901. The summed E-state index contributed by atoms with van der Waals surface area (Å²) < 4.78 is 6.52. The minimum Gasteiger partial charge on any atom is -0.390 e. The molecule has 1 heterocycles. The summed E-state index contributed by atoms with van der Waals surface area (Å²) in [6.07, 6.45) is 9.83. The van der Waals surface area contributed by atoms with Gasteiger partial charge in [0.25, 0.3) is 0 Å². The van der Waals surface area contributed by atoms with Gasteiger partial charge >= 0.3 is 0 Å². The molecule has 0 amide bonds. The molecule has 1 aromatic heterocycles. The van der Waals surface area contributed by atoms with Crippen molar-refractivity contribution in [1.82, 2.24) is 4.98 Å². The molecule has 2 rings (SSSR count). The van der Waals surface area contributed by atoms with Crippen molar-refractivity contribution in [2.24, 2.45) is 5.92 Å². The van der Waals surface area contributed by atoms with Gasteiger partial charge in [-0.15, -0.1) is 0 Å². The molecule has 106 valence electrons. The minimum absolute atomic E-state index is 0.0562. The predicted octanol–water partition coefficient (Wildman–Crippen LogP) is 3.34. The maximum absolute atomic E-state index is 10.4. The van der Waals surface area contributed by atoms with Crippen LogP contribution in [-0.2, 0) is 11.2 Å². The topological polar surface area (TPSA) is 42.4 Å². The lowest BCUT2D eigenvalue weighted by Crippen LogP contribution is -2.37. The van der Waals surface area contributed by atoms with E-state index < -0.39 is 6.10 Å². The summed E-state index contributed by atoms with van der Waals surface area (Å²) >= 11 is 3.41. The molecular weight excluding hydrogens is 306 g/mol. The van der Waals surface area contributed by atoms with Crippen LogP contribution < -0.4 is 0 Å². The van der Waals surface area contributed by atoms with Crippen molar-refractivity contribution in [1.29, 1.82) is 0 Å². The summed E-state index contributed by atoms with van der Waals surface area (Å²) in [6.45, 7) is 0. The zero-order valence-corrected chi connectivity index (χ0v) is 13.0. The Hall–Kier alpha value is -0.450. The molecule has 2 atom stereocenters. The van der Waals surface area contributed by atoms with Gasteiger partial charge in [0, 0.05) is 30.4 Å². The molecule has 1 aliphatic rings. The van der Waals surface area contributed by atoms with E-state index in [1.54, 1.807) is 13.3 Å². The van der Waals surface area contributed by atoms with Gasteiger partial charge < -0.3 is 9.84 Å². The lowest BCUT2D eigenvalue weighted by Gasteiger charge is -2.32. The summed E-state index contributed by atoms with van der Waals surface area (Å²) in [5.41, 5.74) is 1.04. The molecule has 3 nitrogen and oxygen atoms in total. The number of ether oxygens (including phenoxy) is 1. The number of rotatable bonds is 5. The zero-order valence-electron chi connectivity index (χ0n) is 11.4. The average molecular weight is 328 g/mol. The first-order valence-corrected chi connectivity index (χ1v) is 7.80. The fraction of sp³-hybridized carbons (Fsp3) is 0.667. The third-order valence-corrected chi connectivity index (χ3v) is 4.41. The molecule has 4 heteroatoms. The molecule has 0 spiro atoms. The van der Waals surface area contributed by atoms with E-state index in [1.165, 1.54) is 32.1 Å². The van der Waals surface area contributed by atoms with Crippen molar-refractivity contribution in [3.05, 3.63) is 28.5 Å². The van der Waals surface area contributed by atoms with E-state index in [9.17, 15) is 5.11 Å². The highest BCUT2D eigenvalue weighted by Gasteiger charge is 2.29. The summed E-state index contributed by atoms with van der Waals surface area (Å²) in [6, 6.07) is 2.00. The average Bonchev–Trinajstić information content (AvgIpc) is 2.41. The number of methoxy groups -OCH3 is 1. The number of hydrogen-bond acceptors (Lipinski definition) is 3. The van der Waals surface area contributed by atoms with Crippen molar-refractivity contribution in [3.8, 4) is 0 Å². The molecule has 19 heavy (non-hydrogen) atoms. The molecule has 0 aromatic carbocycles. The number of aliphatic hydroxyl groups is 1. The number of aliphatic hydroxyl groups excluding tert-OH is 1. The fourth-order valence-electron chi connectivity index (χ4n) is 3.05. The second-order valence-corrected chi connectivity index (χ2v) is 6.30. The van der Waals surface area contributed by atoms with Crippen molar-refractivity contribution in [2.75, 3.05) is 7.11 Å². The maximum Gasteiger partial charge on any atom is 0.0861 e. The van der Waals surface area contributed by atoms with E-state index in [0.717, 1.165) is 10.0 Å². The van der Waals surface area contributed by atoms with Crippen LogP contribution in [0.15, 0.2) is 22.9 Å². The highest BCUT2D eigenvalue weighted by atomic mass is 79.9. The zero-order chi connectivity index (χ0) is 13.7. The van der Waals surface area contributed by atoms with E-state index >= 15 is 0 Å². The van der Waals surface area contributed by atoms with E-state index in [2.05, 4.69) is 20.9 Å². The van der Waals surface area contributed by atoms with E-state index in [-0.39, 0.29) is 6.10 Å². The van der Waals surface area contributed by atoms with E-state index in [0.29, 0.717) is 12.3 Å². The first-order valence-electron chi connectivity index (χ1n) is 7.01. The number of pyridine rings is 1. The smallest absolute Gasteiger partial charge is 0.0861 e. The Labute approximate surface area is 123 Å². The molecule has 1 aromatic rings. The minimum atomic E-state index is -0.454. The molecule has 1 saturated carbocycles. The molecule has 0 saturated heterocycles. The van der Waals surface area contributed by atoms with Gasteiger partial charge in [-0.25, -0.2) is 0 Å². The summed E-state index contributed by atoms with van der Waals surface area (Å²) in [7, 11) is 1.71. The fourth-order valence-corrected chi connectivity index (χ4v) is 3.46. The third-order valence-electron chi connectivity index (χ3n) is 3.97. The van der Waals surface area contributed by atoms with Gasteiger partial charge in [0.1, 0.15) is 0 Å². The van der Waals surface area contributed by atoms with Gasteiger partial charge in [-0.3, -0.25) is 4.98 Å². The molecule has 1 fully saturated rings. The molecule has 0 aliphatic heterocycles. The van der Waals surface area contributed by atoms with Crippen LogP contribution in [-0.4, -0.2) is 29.4 Å². The predicted molar refractivity (Wildman–Crippen MR) is 79.0 cm³/mol. The Morgan fingerprint density at radius 1 is 1.37 bits per heavy atom. The van der Waals surface area contributed by atoms with Crippen LogP contribution >= 0.6 is 15.9 Å². The number of nitrogens with zero attached hydrogens (tertiary/aromatic N) is 1. The SMILES string of the molecule is COC(C(O)Cc1cncc(Br)c1)C1CCCCC1. The Bertz CT molecular complexity index is 393. The van der Waals surface area contributed by atoms with Gasteiger partial charge in [-0.1, -0.05) is 19.3 Å². The number of aromatic nitrogens is 1. The second-order valence-electron chi connectivity index (χ2n) is 5.38. The Morgan fingerprint density at radius 2 is 2.11 bits per heavy atom. The van der Waals surface area contributed by atoms with Crippen LogP contribution in [0.5, 0.6) is 0 Å². The van der Waals surface area contributed by atoms with Crippen LogP contribution in [0.2, 0.25) is 0 Å². The molecule has 1 aliphatic carbocycles. The lowest BCUT2D eigenvalue weighted by atomic mass is 9.82. The van der Waals surface area contributed by atoms with Crippen molar-refractivity contribution < 1.29 is 9.84 Å². The van der Waals surface area contributed by atoms with Crippen LogP contribution in [0.4, 0.5) is 0 Å². The third kappa shape index (κ3) is 4.26. The van der Waals surface area contributed by atoms with Crippen LogP contribution in [0, 0.1) is 5.92 Å². The Balaban J connectivity index is 1.97. The van der Waals surface area contributed by atoms with Crippen molar-refractivity contribution in [2.45, 2.75) is 50.7 Å². The lowest BCUT2D eigenvalue weighted by molar-refractivity contribution is -0.0536. The Morgan fingerprint density at radius 3 is 2.74 bits per heavy atom. The first kappa shape index (κ1) is 14.9. The van der Waals surface area contributed by atoms with E-state index in [1.807, 2.05) is 12.3 Å².